The Balaban J connectivity index is 1.82. The smallest absolute Gasteiger partial charge is 0.0991 e. The monoisotopic (exact) mass is 285 g/mol. The van der Waals surface area contributed by atoms with Gasteiger partial charge in [-0.05, 0) is 63.4 Å². The van der Waals surface area contributed by atoms with Gasteiger partial charge < -0.3 is 5.32 Å². The van der Waals surface area contributed by atoms with Crippen molar-refractivity contribution in [1.82, 2.24) is 10.2 Å². The predicted octanol–water partition coefficient (Wildman–Crippen LogP) is 3.30. The second-order valence-electron chi connectivity index (χ2n) is 6.19. The zero-order valence-electron chi connectivity index (χ0n) is 13.3. The highest BCUT2D eigenvalue weighted by Crippen LogP contribution is 2.23. The minimum Gasteiger partial charge on any atom is -0.314 e. The van der Waals surface area contributed by atoms with Gasteiger partial charge in [0.1, 0.15) is 0 Å². The highest BCUT2D eigenvalue weighted by Gasteiger charge is 2.23. The van der Waals surface area contributed by atoms with Crippen LogP contribution in [0.2, 0.25) is 0 Å². The van der Waals surface area contributed by atoms with Crippen molar-refractivity contribution in [3.8, 4) is 6.07 Å². The topological polar surface area (TPSA) is 39.1 Å². The van der Waals surface area contributed by atoms with Gasteiger partial charge in [0.05, 0.1) is 11.6 Å². The van der Waals surface area contributed by atoms with E-state index in [0.29, 0.717) is 6.04 Å². The van der Waals surface area contributed by atoms with E-state index in [1.807, 2.05) is 18.2 Å². The molecule has 1 aromatic rings. The first-order chi connectivity index (χ1) is 10.2. The van der Waals surface area contributed by atoms with Gasteiger partial charge >= 0.3 is 0 Å². The number of hydrogen-bond donors (Lipinski definition) is 1. The molecule has 3 heteroatoms. The number of nitrogens with one attached hydrogen (secondary N) is 1. The van der Waals surface area contributed by atoms with Crippen LogP contribution in [0, 0.1) is 11.3 Å². The van der Waals surface area contributed by atoms with Crippen molar-refractivity contribution in [2.24, 2.45) is 0 Å². The van der Waals surface area contributed by atoms with Crippen LogP contribution in [0.5, 0.6) is 0 Å². The molecule has 0 bridgehead atoms. The van der Waals surface area contributed by atoms with E-state index in [-0.39, 0.29) is 0 Å². The summed E-state index contributed by atoms with van der Waals surface area (Å²) in [5.74, 6) is 0. The van der Waals surface area contributed by atoms with E-state index in [2.05, 4.69) is 36.3 Å². The molecule has 1 aliphatic rings. The highest BCUT2D eigenvalue weighted by atomic mass is 15.1. The lowest BCUT2D eigenvalue weighted by Crippen LogP contribution is -2.40. The van der Waals surface area contributed by atoms with Crippen molar-refractivity contribution >= 4 is 0 Å². The summed E-state index contributed by atoms with van der Waals surface area (Å²) in [6.45, 7) is 4.31. The standard InChI is InChI=1S/C18H27N3/c1-3-11-20-17-7-9-18(10-8-17)21(2)14-16-6-4-5-15(12-16)13-19/h4-6,12,17-18,20H,3,7-11,14H2,1-2H3. The van der Waals surface area contributed by atoms with Crippen LogP contribution in [0.25, 0.3) is 0 Å². The molecule has 0 atom stereocenters. The molecular weight excluding hydrogens is 258 g/mol. The molecule has 0 radical (unpaired) electrons. The van der Waals surface area contributed by atoms with E-state index in [1.54, 1.807) is 0 Å². The molecule has 3 nitrogen and oxygen atoms in total. The Hall–Kier alpha value is -1.37. The lowest BCUT2D eigenvalue weighted by molar-refractivity contribution is 0.168. The predicted molar refractivity (Wildman–Crippen MR) is 87.0 cm³/mol. The molecule has 2 rings (SSSR count). The van der Waals surface area contributed by atoms with Crippen LogP contribution in [-0.2, 0) is 6.54 Å². The maximum Gasteiger partial charge on any atom is 0.0991 e. The molecule has 0 saturated heterocycles. The molecule has 1 aromatic carbocycles. The zero-order valence-corrected chi connectivity index (χ0v) is 13.3. The molecule has 0 spiro atoms. The fraction of sp³-hybridized carbons (Fsp3) is 0.611. The summed E-state index contributed by atoms with van der Waals surface area (Å²) in [4.78, 5) is 2.45. The van der Waals surface area contributed by atoms with Crippen LogP contribution in [0.3, 0.4) is 0 Å². The molecule has 0 unspecified atom stereocenters. The first-order valence-electron chi connectivity index (χ1n) is 8.15. The second-order valence-corrected chi connectivity index (χ2v) is 6.19. The van der Waals surface area contributed by atoms with Crippen molar-refractivity contribution < 1.29 is 0 Å². The van der Waals surface area contributed by atoms with Crippen molar-refractivity contribution in [2.45, 2.75) is 57.7 Å². The van der Waals surface area contributed by atoms with E-state index in [4.69, 9.17) is 5.26 Å². The van der Waals surface area contributed by atoms with E-state index < -0.39 is 0 Å². The average Bonchev–Trinajstić information content (AvgIpc) is 2.53. The Labute approximate surface area is 129 Å². The summed E-state index contributed by atoms with van der Waals surface area (Å²) in [6, 6.07) is 11.6. The number of rotatable bonds is 6. The third kappa shape index (κ3) is 4.84. The van der Waals surface area contributed by atoms with Crippen LogP contribution in [-0.4, -0.2) is 30.6 Å². The van der Waals surface area contributed by atoms with Gasteiger partial charge in [0, 0.05) is 18.6 Å². The summed E-state index contributed by atoms with van der Waals surface area (Å²) in [7, 11) is 2.21. The molecule has 1 aliphatic carbocycles. The van der Waals surface area contributed by atoms with Crippen LogP contribution < -0.4 is 5.32 Å². The van der Waals surface area contributed by atoms with Gasteiger partial charge in [-0.3, -0.25) is 4.90 Å². The largest absolute Gasteiger partial charge is 0.314 e. The normalized spacial score (nSPS) is 22.2. The van der Waals surface area contributed by atoms with Crippen molar-refractivity contribution in [3.05, 3.63) is 35.4 Å². The summed E-state index contributed by atoms with van der Waals surface area (Å²) < 4.78 is 0. The summed E-state index contributed by atoms with van der Waals surface area (Å²) in [5.41, 5.74) is 2.00. The molecular formula is C18H27N3. The second kappa shape index (κ2) is 8.17. The van der Waals surface area contributed by atoms with Gasteiger partial charge in [0.25, 0.3) is 0 Å². The number of nitriles is 1. The number of benzene rings is 1. The zero-order chi connectivity index (χ0) is 15.1. The third-order valence-electron chi connectivity index (χ3n) is 4.49. The molecule has 0 heterocycles. The molecule has 0 amide bonds. The summed E-state index contributed by atoms with van der Waals surface area (Å²) in [6.07, 6.45) is 6.33. The van der Waals surface area contributed by atoms with E-state index in [9.17, 15) is 0 Å². The van der Waals surface area contributed by atoms with Crippen LogP contribution >= 0.6 is 0 Å². The average molecular weight is 285 g/mol. The minimum absolute atomic E-state index is 0.676. The van der Waals surface area contributed by atoms with Crippen LogP contribution in [0.4, 0.5) is 0 Å². The Morgan fingerprint density at radius 3 is 2.71 bits per heavy atom. The molecule has 1 N–H and O–H groups in total. The Morgan fingerprint density at radius 1 is 1.29 bits per heavy atom. The van der Waals surface area contributed by atoms with Crippen LogP contribution in [0.15, 0.2) is 24.3 Å². The van der Waals surface area contributed by atoms with Gasteiger partial charge in [-0.15, -0.1) is 0 Å². The number of nitrogens with zero attached hydrogens (tertiary/aromatic N) is 2. The van der Waals surface area contributed by atoms with E-state index in [0.717, 1.165) is 24.7 Å². The van der Waals surface area contributed by atoms with Gasteiger partial charge in [0.15, 0.2) is 0 Å². The van der Waals surface area contributed by atoms with Gasteiger partial charge in [0.2, 0.25) is 0 Å². The lowest BCUT2D eigenvalue weighted by atomic mass is 9.90. The van der Waals surface area contributed by atoms with E-state index in [1.165, 1.54) is 37.7 Å². The molecule has 21 heavy (non-hydrogen) atoms. The lowest BCUT2D eigenvalue weighted by Gasteiger charge is -2.35. The molecule has 0 aliphatic heterocycles. The van der Waals surface area contributed by atoms with Gasteiger partial charge in [-0.2, -0.15) is 5.26 Å². The summed E-state index contributed by atoms with van der Waals surface area (Å²) >= 11 is 0. The van der Waals surface area contributed by atoms with Crippen molar-refractivity contribution in [1.29, 1.82) is 5.26 Å². The molecule has 1 fully saturated rings. The maximum atomic E-state index is 8.97. The highest BCUT2D eigenvalue weighted by molar-refractivity contribution is 5.32. The summed E-state index contributed by atoms with van der Waals surface area (Å²) in [5, 5.41) is 12.6. The van der Waals surface area contributed by atoms with Gasteiger partial charge in [-0.25, -0.2) is 0 Å². The van der Waals surface area contributed by atoms with E-state index >= 15 is 0 Å². The first kappa shape index (κ1) is 16.0. The SMILES string of the molecule is CCCNC1CCC(N(C)Cc2cccc(C#N)c2)CC1. The molecule has 114 valence electrons. The third-order valence-corrected chi connectivity index (χ3v) is 4.49. The first-order valence-corrected chi connectivity index (χ1v) is 8.15. The molecule has 1 saturated carbocycles. The number of hydrogen-bond acceptors (Lipinski definition) is 3. The molecule has 0 aromatic heterocycles. The Morgan fingerprint density at radius 2 is 2.05 bits per heavy atom. The fourth-order valence-electron chi connectivity index (χ4n) is 3.23. The Bertz CT molecular complexity index is 470. The van der Waals surface area contributed by atoms with Crippen molar-refractivity contribution in [2.75, 3.05) is 13.6 Å². The quantitative estimate of drug-likeness (QED) is 0.871. The fourth-order valence-corrected chi connectivity index (χ4v) is 3.23. The van der Waals surface area contributed by atoms with Crippen LogP contribution in [0.1, 0.15) is 50.2 Å². The maximum absolute atomic E-state index is 8.97. The van der Waals surface area contributed by atoms with Crippen molar-refractivity contribution in [3.63, 3.8) is 0 Å². The van der Waals surface area contributed by atoms with Gasteiger partial charge in [-0.1, -0.05) is 19.1 Å². The Kier molecular flexibility index (Phi) is 6.22. The minimum atomic E-state index is 0.676.